The van der Waals surface area contributed by atoms with Gasteiger partial charge in [0, 0.05) is 18.8 Å². The molecule has 98 valence electrons. The third-order valence-corrected chi connectivity index (χ3v) is 3.20. The Morgan fingerprint density at radius 2 is 2.44 bits per heavy atom. The van der Waals surface area contributed by atoms with Crippen molar-refractivity contribution in [3.05, 3.63) is 29.8 Å². The van der Waals surface area contributed by atoms with E-state index in [0.717, 1.165) is 19.0 Å². The number of halogens is 1. The zero-order valence-electron chi connectivity index (χ0n) is 10.3. The molecule has 1 aliphatic rings. The number of nitrogens with zero attached hydrogens (tertiary/aromatic N) is 2. The van der Waals surface area contributed by atoms with E-state index < -0.39 is 11.9 Å². The van der Waals surface area contributed by atoms with E-state index in [1.807, 2.05) is 0 Å². The molecule has 2 unspecified atom stereocenters. The first kappa shape index (κ1) is 13.0. The number of aliphatic hydroxyl groups excluding tert-OH is 1. The van der Waals surface area contributed by atoms with Crippen LogP contribution in [0.5, 0.6) is 0 Å². The minimum absolute atomic E-state index is 0.0424. The number of likely N-dealkylation sites (tertiary alicyclic amines) is 1. The van der Waals surface area contributed by atoms with E-state index in [1.54, 1.807) is 11.8 Å². The molecule has 0 saturated carbocycles. The highest BCUT2D eigenvalue weighted by molar-refractivity contribution is 5.94. The first-order valence-electron chi connectivity index (χ1n) is 6.17. The van der Waals surface area contributed by atoms with E-state index in [1.165, 1.54) is 12.3 Å². The molecule has 18 heavy (non-hydrogen) atoms. The summed E-state index contributed by atoms with van der Waals surface area (Å²) in [5.74, 6) is -0.711. The molecule has 1 aliphatic heterocycles. The maximum absolute atomic E-state index is 13.0. The molecule has 1 aromatic heterocycles. The van der Waals surface area contributed by atoms with Crippen molar-refractivity contribution >= 4 is 5.91 Å². The Bertz CT molecular complexity index is 437. The largest absolute Gasteiger partial charge is 0.393 e. The number of rotatable bonds is 3. The van der Waals surface area contributed by atoms with Crippen LogP contribution >= 0.6 is 0 Å². The second-order valence-electron chi connectivity index (χ2n) is 4.77. The molecular weight excluding hydrogens is 235 g/mol. The summed E-state index contributed by atoms with van der Waals surface area (Å²) in [6.45, 7) is 2.37. The van der Waals surface area contributed by atoms with Crippen molar-refractivity contribution in [2.24, 2.45) is 0 Å². The second kappa shape index (κ2) is 5.44. The fourth-order valence-electron chi connectivity index (χ4n) is 2.44. The zero-order chi connectivity index (χ0) is 13.1. The number of hydrogen-bond donors (Lipinski definition) is 1. The minimum atomic E-state index is -0.507. The summed E-state index contributed by atoms with van der Waals surface area (Å²) in [6.07, 6.45) is 4.39. The highest BCUT2D eigenvalue weighted by Crippen LogP contribution is 2.23. The van der Waals surface area contributed by atoms with Crippen molar-refractivity contribution in [3.63, 3.8) is 0 Å². The van der Waals surface area contributed by atoms with Crippen LogP contribution in [0.3, 0.4) is 0 Å². The maximum Gasteiger partial charge on any atom is 0.255 e. The smallest absolute Gasteiger partial charge is 0.255 e. The molecule has 2 heterocycles. The van der Waals surface area contributed by atoms with Crippen LogP contribution in [-0.4, -0.2) is 39.6 Å². The van der Waals surface area contributed by atoms with Gasteiger partial charge in [-0.2, -0.15) is 0 Å². The Morgan fingerprint density at radius 3 is 3.11 bits per heavy atom. The van der Waals surface area contributed by atoms with E-state index in [2.05, 4.69) is 4.98 Å². The van der Waals surface area contributed by atoms with Crippen LogP contribution in [0.1, 0.15) is 36.5 Å². The summed E-state index contributed by atoms with van der Waals surface area (Å²) in [7, 11) is 0. The van der Waals surface area contributed by atoms with Crippen LogP contribution in [0, 0.1) is 5.82 Å². The van der Waals surface area contributed by atoms with Gasteiger partial charge in [0.25, 0.3) is 5.91 Å². The highest BCUT2D eigenvalue weighted by Gasteiger charge is 2.30. The number of aliphatic hydroxyl groups is 1. The summed E-state index contributed by atoms with van der Waals surface area (Å²) >= 11 is 0. The molecule has 1 amide bonds. The minimum Gasteiger partial charge on any atom is -0.393 e. The molecule has 1 aromatic rings. The predicted octanol–water partition coefficient (Wildman–Crippen LogP) is 1.60. The van der Waals surface area contributed by atoms with Crippen LogP contribution in [0.2, 0.25) is 0 Å². The Labute approximate surface area is 105 Å². The Morgan fingerprint density at radius 1 is 1.67 bits per heavy atom. The molecular formula is C13H17FN2O2. The molecule has 0 bridgehead atoms. The molecule has 0 aromatic carbocycles. The number of amides is 1. The lowest BCUT2D eigenvalue weighted by Gasteiger charge is -2.25. The van der Waals surface area contributed by atoms with Crippen molar-refractivity contribution in [1.82, 2.24) is 9.88 Å². The van der Waals surface area contributed by atoms with E-state index in [9.17, 15) is 14.3 Å². The third kappa shape index (κ3) is 2.85. The summed E-state index contributed by atoms with van der Waals surface area (Å²) in [5, 5.41) is 9.42. The van der Waals surface area contributed by atoms with Crippen LogP contribution in [-0.2, 0) is 0 Å². The van der Waals surface area contributed by atoms with E-state index in [0.29, 0.717) is 13.0 Å². The SMILES string of the molecule is CC(O)CC1CCCN1C(=O)c1cncc(F)c1. The first-order chi connectivity index (χ1) is 8.58. The van der Waals surface area contributed by atoms with Gasteiger partial charge in [-0.05, 0) is 32.3 Å². The lowest BCUT2D eigenvalue weighted by Crippen LogP contribution is -2.37. The van der Waals surface area contributed by atoms with Crippen molar-refractivity contribution in [2.45, 2.75) is 38.3 Å². The number of aromatic nitrogens is 1. The number of carbonyl (C=O) groups is 1. The summed E-state index contributed by atoms with van der Waals surface area (Å²) < 4.78 is 13.0. The van der Waals surface area contributed by atoms with Crippen LogP contribution in [0.15, 0.2) is 18.5 Å². The third-order valence-electron chi connectivity index (χ3n) is 3.20. The van der Waals surface area contributed by atoms with E-state index in [-0.39, 0.29) is 17.5 Å². The molecule has 0 spiro atoms. The second-order valence-corrected chi connectivity index (χ2v) is 4.77. The van der Waals surface area contributed by atoms with Crippen LogP contribution in [0.4, 0.5) is 4.39 Å². The fourth-order valence-corrected chi connectivity index (χ4v) is 2.44. The number of hydrogen-bond acceptors (Lipinski definition) is 3. The molecule has 2 rings (SSSR count). The quantitative estimate of drug-likeness (QED) is 0.889. The Hall–Kier alpha value is -1.49. The van der Waals surface area contributed by atoms with Gasteiger partial charge in [0.15, 0.2) is 0 Å². The zero-order valence-corrected chi connectivity index (χ0v) is 10.3. The number of pyridine rings is 1. The van der Waals surface area contributed by atoms with E-state index in [4.69, 9.17) is 0 Å². The molecule has 1 fully saturated rings. The van der Waals surface area contributed by atoms with Gasteiger partial charge in [0.05, 0.1) is 17.9 Å². The maximum atomic E-state index is 13.0. The normalized spacial score (nSPS) is 21.1. The van der Waals surface area contributed by atoms with Gasteiger partial charge in [-0.15, -0.1) is 0 Å². The van der Waals surface area contributed by atoms with Crippen LogP contribution < -0.4 is 0 Å². The van der Waals surface area contributed by atoms with E-state index >= 15 is 0 Å². The Kier molecular flexibility index (Phi) is 3.91. The summed E-state index contributed by atoms with van der Waals surface area (Å²) in [5.41, 5.74) is 0.271. The topological polar surface area (TPSA) is 53.4 Å². The molecule has 0 aliphatic carbocycles. The average molecular weight is 252 g/mol. The monoisotopic (exact) mass is 252 g/mol. The lowest BCUT2D eigenvalue weighted by molar-refractivity contribution is 0.0681. The lowest BCUT2D eigenvalue weighted by atomic mass is 10.1. The predicted molar refractivity (Wildman–Crippen MR) is 64.6 cm³/mol. The molecule has 2 atom stereocenters. The van der Waals surface area contributed by atoms with Gasteiger partial charge in [-0.25, -0.2) is 4.39 Å². The first-order valence-corrected chi connectivity index (χ1v) is 6.17. The van der Waals surface area contributed by atoms with Gasteiger partial charge in [-0.3, -0.25) is 9.78 Å². The van der Waals surface area contributed by atoms with Crippen molar-refractivity contribution in [2.75, 3.05) is 6.54 Å². The molecule has 1 N–H and O–H groups in total. The molecule has 5 heteroatoms. The van der Waals surface area contributed by atoms with Gasteiger partial charge in [-0.1, -0.05) is 0 Å². The van der Waals surface area contributed by atoms with Gasteiger partial charge < -0.3 is 10.0 Å². The van der Waals surface area contributed by atoms with Gasteiger partial charge in [0.2, 0.25) is 0 Å². The van der Waals surface area contributed by atoms with Crippen molar-refractivity contribution in [1.29, 1.82) is 0 Å². The van der Waals surface area contributed by atoms with Crippen molar-refractivity contribution in [3.8, 4) is 0 Å². The average Bonchev–Trinajstić information content (AvgIpc) is 2.75. The molecule has 4 nitrogen and oxygen atoms in total. The summed E-state index contributed by atoms with van der Waals surface area (Å²) in [4.78, 5) is 17.6. The summed E-state index contributed by atoms with van der Waals surface area (Å²) in [6, 6.07) is 1.24. The Balaban J connectivity index is 2.12. The molecule has 1 saturated heterocycles. The van der Waals surface area contributed by atoms with Crippen molar-refractivity contribution < 1.29 is 14.3 Å². The fraction of sp³-hybridized carbons (Fsp3) is 0.538. The molecule has 0 radical (unpaired) electrons. The highest BCUT2D eigenvalue weighted by atomic mass is 19.1. The van der Waals surface area contributed by atoms with Crippen LogP contribution in [0.25, 0.3) is 0 Å². The number of carbonyl (C=O) groups excluding carboxylic acids is 1. The standard InChI is InChI=1S/C13H17FN2O2/c1-9(17)5-12-3-2-4-16(12)13(18)10-6-11(14)8-15-7-10/h6-9,12,17H,2-5H2,1H3. The van der Waals surface area contributed by atoms with Gasteiger partial charge >= 0.3 is 0 Å². The van der Waals surface area contributed by atoms with Gasteiger partial charge in [0.1, 0.15) is 5.82 Å².